The van der Waals surface area contributed by atoms with Gasteiger partial charge in [-0.3, -0.25) is 5.41 Å². The van der Waals surface area contributed by atoms with Crippen LogP contribution in [0.4, 0.5) is 10.1 Å². The molecule has 3 N–H and O–H groups in total. The molecule has 0 heterocycles. The van der Waals surface area contributed by atoms with E-state index in [-0.39, 0.29) is 16.1 Å². The minimum absolute atomic E-state index is 0.147. The Labute approximate surface area is 96.7 Å². The number of amidine groups is 1. The number of hydrogen-bond donors (Lipinski definition) is 2. The molecule has 1 aromatic carbocycles. The van der Waals surface area contributed by atoms with Crippen molar-refractivity contribution < 1.29 is 4.39 Å². The van der Waals surface area contributed by atoms with E-state index in [1.54, 1.807) is 24.1 Å². The van der Waals surface area contributed by atoms with E-state index in [0.29, 0.717) is 17.8 Å². The highest BCUT2D eigenvalue weighted by molar-refractivity contribution is 9.10. The number of benzene rings is 1. The second-order valence-electron chi connectivity index (χ2n) is 3.19. The summed E-state index contributed by atoms with van der Waals surface area (Å²) in [7, 11) is 1.80. The zero-order valence-corrected chi connectivity index (χ0v) is 10.2. The van der Waals surface area contributed by atoms with Gasteiger partial charge in [0, 0.05) is 19.2 Å². The van der Waals surface area contributed by atoms with E-state index in [2.05, 4.69) is 15.9 Å². The minimum atomic E-state index is -0.382. The van der Waals surface area contributed by atoms with E-state index in [0.717, 1.165) is 0 Å². The first-order chi connectivity index (χ1) is 6.99. The van der Waals surface area contributed by atoms with Gasteiger partial charge in [-0.05, 0) is 35.0 Å². The molecule has 82 valence electrons. The van der Waals surface area contributed by atoms with Gasteiger partial charge in [-0.2, -0.15) is 0 Å². The van der Waals surface area contributed by atoms with Crippen LogP contribution in [0.3, 0.4) is 0 Å². The molecular formula is C10H13BrFN3. The summed E-state index contributed by atoms with van der Waals surface area (Å²) in [6, 6.07) is 3.26. The van der Waals surface area contributed by atoms with E-state index in [1.807, 2.05) is 6.92 Å². The summed E-state index contributed by atoms with van der Waals surface area (Å²) in [4.78, 5) is 1.78. The summed E-state index contributed by atoms with van der Waals surface area (Å²) >= 11 is 3.11. The zero-order chi connectivity index (χ0) is 11.6. The molecule has 0 bridgehead atoms. The highest BCUT2D eigenvalue weighted by Gasteiger charge is 2.14. The number of halogens is 2. The van der Waals surface area contributed by atoms with Gasteiger partial charge >= 0.3 is 0 Å². The monoisotopic (exact) mass is 273 g/mol. The van der Waals surface area contributed by atoms with E-state index in [1.165, 1.54) is 0 Å². The lowest BCUT2D eigenvalue weighted by atomic mass is 10.1. The first-order valence-corrected chi connectivity index (χ1v) is 5.31. The molecule has 0 unspecified atom stereocenters. The second kappa shape index (κ2) is 4.61. The van der Waals surface area contributed by atoms with Crippen LogP contribution in [0, 0.1) is 11.2 Å². The van der Waals surface area contributed by atoms with Crippen molar-refractivity contribution in [2.24, 2.45) is 5.73 Å². The predicted molar refractivity (Wildman–Crippen MR) is 64.1 cm³/mol. The Hall–Kier alpha value is -1.10. The van der Waals surface area contributed by atoms with Gasteiger partial charge in [0.25, 0.3) is 0 Å². The third kappa shape index (κ3) is 2.28. The van der Waals surface area contributed by atoms with Crippen LogP contribution in [0.5, 0.6) is 0 Å². The molecule has 0 aromatic heterocycles. The Balaban J connectivity index is 3.27. The largest absolute Gasteiger partial charge is 0.384 e. The predicted octanol–water partition coefficient (Wildman–Crippen LogP) is 2.33. The van der Waals surface area contributed by atoms with Crippen LogP contribution >= 0.6 is 15.9 Å². The average Bonchev–Trinajstić information content (AvgIpc) is 2.20. The summed E-state index contributed by atoms with van der Waals surface area (Å²) < 4.78 is 14.1. The normalized spacial score (nSPS) is 10.1. The highest BCUT2D eigenvalue weighted by atomic mass is 79.9. The first-order valence-electron chi connectivity index (χ1n) is 4.52. The van der Waals surface area contributed by atoms with Crippen LogP contribution in [0.25, 0.3) is 0 Å². The Morgan fingerprint density at radius 2 is 2.20 bits per heavy atom. The molecule has 15 heavy (non-hydrogen) atoms. The standard InChI is InChI=1S/C10H13BrFN3/c1-3-15(2)7-5-4-6(10(13)14)8(11)9(7)12/h4-5H,3H2,1-2H3,(H3,13,14). The van der Waals surface area contributed by atoms with Gasteiger partial charge in [0.05, 0.1) is 10.2 Å². The van der Waals surface area contributed by atoms with Crippen LogP contribution in [0.2, 0.25) is 0 Å². The van der Waals surface area contributed by atoms with Gasteiger partial charge in [0.2, 0.25) is 0 Å². The van der Waals surface area contributed by atoms with Gasteiger partial charge in [-0.25, -0.2) is 4.39 Å². The van der Waals surface area contributed by atoms with Gasteiger partial charge in [-0.15, -0.1) is 0 Å². The number of anilines is 1. The third-order valence-corrected chi connectivity index (χ3v) is 3.01. The summed E-state index contributed by atoms with van der Waals surface area (Å²) in [5, 5.41) is 7.26. The van der Waals surface area contributed by atoms with Crippen LogP contribution in [0.15, 0.2) is 16.6 Å². The molecular weight excluding hydrogens is 261 g/mol. The van der Waals surface area contributed by atoms with Crippen LogP contribution in [-0.4, -0.2) is 19.4 Å². The van der Waals surface area contributed by atoms with E-state index in [9.17, 15) is 4.39 Å². The maximum absolute atomic E-state index is 13.8. The van der Waals surface area contributed by atoms with Crippen molar-refractivity contribution in [3.8, 4) is 0 Å². The van der Waals surface area contributed by atoms with Crippen molar-refractivity contribution >= 4 is 27.5 Å². The molecule has 1 rings (SSSR count). The topological polar surface area (TPSA) is 53.1 Å². The lowest BCUT2D eigenvalue weighted by Crippen LogP contribution is -2.19. The summed E-state index contributed by atoms with van der Waals surface area (Å²) in [5.74, 6) is -0.529. The molecule has 3 nitrogen and oxygen atoms in total. The molecule has 1 aromatic rings. The van der Waals surface area contributed by atoms with Crippen LogP contribution < -0.4 is 10.6 Å². The van der Waals surface area contributed by atoms with Gasteiger partial charge in [-0.1, -0.05) is 0 Å². The second-order valence-corrected chi connectivity index (χ2v) is 3.98. The number of hydrogen-bond acceptors (Lipinski definition) is 2. The fourth-order valence-corrected chi connectivity index (χ4v) is 1.76. The Bertz CT molecular complexity index is 392. The fourth-order valence-electron chi connectivity index (χ4n) is 1.21. The van der Waals surface area contributed by atoms with Crippen molar-refractivity contribution in [2.45, 2.75) is 6.92 Å². The molecule has 0 fully saturated rings. The molecule has 5 heteroatoms. The quantitative estimate of drug-likeness (QED) is 0.656. The Morgan fingerprint density at radius 1 is 1.60 bits per heavy atom. The summed E-state index contributed by atoms with van der Waals surface area (Å²) in [6.07, 6.45) is 0. The van der Waals surface area contributed by atoms with Crippen molar-refractivity contribution in [1.29, 1.82) is 5.41 Å². The van der Waals surface area contributed by atoms with Gasteiger partial charge in [0.15, 0.2) is 5.82 Å². The Kier molecular flexibility index (Phi) is 3.68. The summed E-state index contributed by atoms with van der Waals surface area (Å²) in [6.45, 7) is 2.65. The Morgan fingerprint density at radius 3 is 2.67 bits per heavy atom. The zero-order valence-electron chi connectivity index (χ0n) is 8.64. The third-order valence-electron chi connectivity index (χ3n) is 2.24. The minimum Gasteiger partial charge on any atom is -0.384 e. The smallest absolute Gasteiger partial charge is 0.161 e. The lowest BCUT2D eigenvalue weighted by molar-refractivity contribution is 0.616. The van der Waals surface area contributed by atoms with Crippen molar-refractivity contribution in [1.82, 2.24) is 0 Å². The van der Waals surface area contributed by atoms with Crippen LogP contribution in [-0.2, 0) is 0 Å². The molecule has 0 aliphatic rings. The van der Waals surface area contributed by atoms with E-state index < -0.39 is 0 Å². The van der Waals surface area contributed by atoms with Gasteiger partial charge in [0.1, 0.15) is 5.84 Å². The highest BCUT2D eigenvalue weighted by Crippen LogP contribution is 2.28. The number of nitrogens with two attached hydrogens (primary N) is 1. The molecule has 0 atom stereocenters. The summed E-state index contributed by atoms with van der Waals surface area (Å²) in [5.41, 5.74) is 6.19. The number of nitrogens with zero attached hydrogens (tertiary/aromatic N) is 1. The maximum Gasteiger partial charge on any atom is 0.161 e. The van der Waals surface area contributed by atoms with E-state index >= 15 is 0 Å². The SMILES string of the molecule is CCN(C)c1ccc(C(=N)N)c(Br)c1F. The number of nitrogen functional groups attached to an aromatic ring is 1. The molecule has 0 saturated heterocycles. The van der Waals surface area contributed by atoms with Gasteiger partial charge < -0.3 is 10.6 Å². The number of rotatable bonds is 3. The molecule has 0 aliphatic heterocycles. The number of nitrogens with one attached hydrogen (secondary N) is 1. The first kappa shape index (κ1) is 12.0. The van der Waals surface area contributed by atoms with Crippen LogP contribution in [0.1, 0.15) is 12.5 Å². The maximum atomic E-state index is 13.8. The molecule has 0 amide bonds. The van der Waals surface area contributed by atoms with Crippen molar-refractivity contribution in [2.75, 3.05) is 18.5 Å². The van der Waals surface area contributed by atoms with Crippen molar-refractivity contribution in [3.63, 3.8) is 0 Å². The molecule has 0 saturated carbocycles. The van der Waals surface area contributed by atoms with E-state index in [4.69, 9.17) is 11.1 Å². The fraction of sp³-hybridized carbons (Fsp3) is 0.300. The molecule has 0 aliphatic carbocycles. The molecule has 0 spiro atoms. The lowest BCUT2D eigenvalue weighted by Gasteiger charge is -2.19. The average molecular weight is 274 g/mol. The van der Waals surface area contributed by atoms with Crippen molar-refractivity contribution in [3.05, 3.63) is 28.0 Å². The molecule has 0 radical (unpaired) electrons.